The molecule has 82 valence electrons. The summed E-state index contributed by atoms with van der Waals surface area (Å²) < 4.78 is 4.45. The molecule has 0 aromatic carbocycles. The molecule has 0 rings (SSSR count). The molecule has 0 unspecified atom stereocenters. The van der Waals surface area contributed by atoms with Crippen molar-refractivity contribution in [2.75, 3.05) is 20.4 Å². The van der Waals surface area contributed by atoms with Crippen LogP contribution in [0, 0.1) is 11.3 Å². The molecular formula is C7H9N3O5. The van der Waals surface area contributed by atoms with Crippen molar-refractivity contribution in [2.45, 2.75) is 0 Å². The Labute approximate surface area is 85.1 Å². The predicted octanol–water partition coefficient (Wildman–Crippen LogP) is -1.31. The third-order valence-corrected chi connectivity index (χ3v) is 1.05. The Morgan fingerprint density at radius 1 is 1.60 bits per heavy atom. The number of methoxy groups -OCH3 is 1. The van der Waals surface area contributed by atoms with Gasteiger partial charge in [0.25, 0.3) is 5.91 Å². The van der Waals surface area contributed by atoms with Crippen molar-refractivity contribution >= 4 is 17.6 Å². The Balaban J connectivity index is 4.17. The molecule has 0 saturated heterocycles. The Morgan fingerprint density at radius 2 is 2.27 bits per heavy atom. The maximum atomic E-state index is 11.0. The highest BCUT2D eigenvalue weighted by atomic mass is 16.7. The second-order valence-corrected chi connectivity index (χ2v) is 2.16. The third kappa shape index (κ3) is 6.00. The molecule has 0 aliphatic carbocycles. The van der Waals surface area contributed by atoms with E-state index in [0.717, 1.165) is 0 Å². The summed E-state index contributed by atoms with van der Waals surface area (Å²) in [5.41, 5.74) is -0.576. The fraction of sp³-hybridized carbons (Fsp3) is 0.429. The van der Waals surface area contributed by atoms with Gasteiger partial charge >= 0.3 is 5.97 Å². The Hall–Kier alpha value is -2.14. The second kappa shape index (κ2) is 7.28. The topological polar surface area (TPSA) is 121 Å². The van der Waals surface area contributed by atoms with Crippen LogP contribution in [0.3, 0.4) is 0 Å². The van der Waals surface area contributed by atoms with Crippen molar-refractivity contribution in [1.29, 1.82) is 5.26 Å². The van der Waals surface area contributed by atoms with E-state index in [-0.39, 0.29) is 6.79 Å². The first kappa shape index (κ1) is 12.9. The van der Waals surface area contributed by atoms with Crippen molar-refractivity contribution in [3.05, 3.63) is 0 Å². The number of aliphatic carboxylic acids is 1. The number of carbonyl (C=O) groups is 2. The van der Waals surface area contributed by atoms with E-state index in [1.807, 2.05) is 5.32 Å². The molecule has 0 atom stereocenters. The number of rotatable bonds is 6. The number of carboxylic acid groups (broad SMARTS) is 1. The highest BCUT2D eigenvalue weighted by Gasteiger charge is 2.12. The van der Waals surface area contributed by atoms with Gasteiger partial charge < -0.3 is 20.0 Å². The molecular weight excluding hydrogens is 206 g/mol. The van der Waals surface area contributed by atoms with Crippen LogP contribution >= 0.6 is 0 Å². The van der Waals surface area contributed by atoms with Crippen LogP contribution in [0.5, 0.6) is 0 Å². The molecule has 0 radical (unpaired) electrons. The zero-order valence-electron chi connectivity index (χ0n) is 7.89. The lowest BCUT2D eigenvalue weighted by Crippen LogP contribution is -2.34. The number of carboxylic acids is 1. The average molecular weight is 215 g/mol. The first-order valence-corrected chi connectivity index (χ1v) is 3.70. The van der Waals surface area contributed by atoms with Gasteiger partial charge in [0.05, 0.1) is 0 Å². The Kier molecular flexibility index (Phi) is 6.24. The van der Waals surface area contributed by atoms with Crippen molar-refractivity contribution in [1.82, 2.24) is 5.32 Å². The van der Waals surface area contributed by atoms with Crippen molar-refractivity contribution in [3.8, 4) is 6.07 Å². The molecule has 0 fully saturated rings. The molecule has 8 heteroatoms. The summed E-state index contributed by atoms with van der Waals surface area (Å²) in [5.74, 6) is -2.14. The molecule has 0 aliphatic heterocycles. The van der Waals surface area contributed by atoms with Crippen LogP contribution in [-0.2, 0) is 19.2 Å². The van der Waals surface area contributed by atoms with Gasteiger partial charge in [-0.15, -0.1) is 0 Å². The number of nitriles is 1. The van der Waals surface area contributed by atoms with Gasteiger partial charge in [-0.05, 0) is 0 Å². The first-order valence-electron chi connectivity index (χ1n) is 3.70. The van der Waals surface area contributed by atoms with Crippen LogP contribution in [0.1, 0.15) is 0 Å². The Morgan fingerprint density at radius 3 is 2.73 bits per heavy atom. The van der Waals surface area contributed by atoms with E-state index in [2.05, 4.69) is 14.7 Å². The summed E-state index contributed by atoms with van der Waals surface area (Å²) >= 11 is 0. The van der Waals surface area contributed by atoms with E-state index in [1.54, 1.807) is 0 Å². The summed E-state index contributed by atoms with van der Waals surface area (Å²) in [6.07, 6.45) is 0. The molecule has 0 aromatic rings. The maximum absolute atomic E-state index is 11.0. The van der Waals surface area contributed by atoms with Crippen LogP contribution in [-0.4, -0.2) is 43.1 Å². The van der Waals surface area contributed by atoms with Gasteiger partial charge in [-0.3, -0.25) is 9.59 Å². The summed E-state index contributed by atoms with van der Waals surface area (Å²) in [6, 6.07) is 1.45. The number of oxime groups is 1. The SMILES string of the molecule is COCON=C(C#N)C(=O)NCC(=O)O. The van der Waals surface area contributed by atoms with E-state index < -0.39 is 24.1 Å². The van der Waals surface area contributed by atoms with E-state index in [0.29, 0.717) is 0 Å². The van der Waals surface area contributed by atoms with Gasteiger partial charge in [0.1, 0.15) is 12.6 Å². The van der Waals surface area contributed by atoms with Gasteiger partial charge in [-0.1, -0.05) is 5.16 Å². The van der Waals surface area contributed by atoms with E-state index in [1.165, 1.54) is 13.2 Å². The highest BCUT2D eigenvalue weighted by Crippen LogP contribution is 1.82. The minimum Gasteiger partial charge on any atom is -0.480 e. The standard InChI is InChI=1S/C7H9N3O5/c1-14-4-15-10-5(2-8)7(13)9-3-6(11)12/h3-4H2,1H3,(H,9,13)(H,11,12). The van der Waals surface area contributed by atoms with Gasteiger partial charge in [0, 0.05) is 7.11 Å². The molecule has 8 nitrogen and oxygen atoms in total. The molecule has 0 spiro atoms. The molecule has 15 heavy (non-hydrogen) atoms. The van der Waals surface area contributed by atoms with E-state index in [4.69, 9.17) is 10.4 Å². The lowest BCUT2D eigenvalue weighted by Gasteiger charge is -1.99. The second-order valence-electron chi connectivity index (χ2n) is 2.16. The zero-order valence-corrected chi connectivity index (χ0v) is 7.89. The minimum atomic E-state index is -1.22. The molecule has 0 heterocycles. The fourth-order valence-electron chi connectivity index (χ4n) is 0.496. The van der Waals surface area contributed by atoms with Crippen LogP contribution in [0.25, 0.3) is 0 Å². The van der Waals surface area contributed by atoms with Crippen LogP contribution < -0.4 is 5.32 Å². The monoisotopic (exact) mass is 215 g/mol. The highest BCUT2D eigenvalue weighted by molar-refractivity contribution is 6.45. The van der Waals surface area contributed by atoms with Crippen LogP contribution in [0.15, 0.2) is 5.16 Å². The van der Waals surface area contributed by atoms with Gasteiger partial charge in [0.2, 0.25) is 12.5 Å². The summed E-state index contributed by atoms with van der Waals surface area (Å²) in [7, 11) is 1.34. The number of amides is 1. The minimum absolute atomic E-state index is 0.211. The lowest BCUT2D eigenvalue weighted by atomic mass is 10.4. The number of nitrogens with one attached hydrogen (secondary N) is 1. The van der Waals surface area contributed by atoms with Gasteiger partial charge in [-0.25, -0.2) is 0 Å². The molecule has 0 bridgehead atoms. The average Bonchev–Trinajstić information content (AvgIpc) is 2.21. The Bertz CT molecular complexity index is 306. The largest absolute Gasteiger partial charge is 0.480 e. The normalized spacial score (nSPS) is 10.3. The number of hydrogen-bond acceptors (Lipinski definition) is 6. The van der Waals surface area contributed by atoms with E-state index in [9.17, 15) is 9.59 Å². The van der Waals surface area contributed by atoms with Gasteiger partial charge in [-0.2, -0.15) is 5.26 Å². The smallest absolute Gasteiger partial charge is 0.322 e. The lowest BCUT2D eigenvalue weighted by molar-refractivity contribution is -0.137. The first-order chi connectivity index (χ1) is 7.11. The molecule has 0 aliphatic rings. The summed E-state index contributed by atoms with van der Waals surface area (Å²) in [6.45, 7) is -0.804. The fourth-order valence-corrected chi connectivity index (χ4v) is 0.496. The maximum Gasteiger partial charge on any atom is 0.322 e. The number of nitrogens with zero attached hydrogens (tertiary/aromatic N) is 2. The number of hydrogen-bond donors (Lipinski definition) is 2. The zero-order chi connectivity index (χ0) is 11.7. The van der Waals surface area contributed by atoms with Crippen LogP contribution in [0.2, 0.25) is 0 Å². The third-order valence-electron chi connectivity index (χ3n) is 1.05. The molecule has 1 amide bonds. The molecule has 0 saturated carbocycles. The molecule has 0 aromatic heterocycles. The quantitative estimate of drug-likeness (QED) is 0.245. The van der Waals surface area contributed by atoms with Crippen LogP contribution in [0.4, 0.5) is 0 Å². The van der Waals surface area contributed by atoms with E-state index >= 15 is 0 Å². The molecule has 2 N–H and O–H groups in total. The van der Waals surface area contributed by atoms with Gasteiger partial charge in [0.15, 0.2) is 0 Å². The predicted molar refractivity (Wildman–Crippen MR) is 46.7 cm³/mol. The summed E-state index contributed by atoms with van der Waals surface area (Å²) in [5, 5.41) is 21.8. The van der Waals surface area contributed by atoms with Crippen molar-refractivity contribution in [3.63, 3.8) is 0 Å². The summed E-state index contributed by atoms with van der Waals surface area (Å²) in [4.78, 5) is 25.5. The van der Waals surface area contributed by atoms with Crippen molar-refractivity contribution < 1.29 is 24.3 Å². The van der Waals surface area contributed by atoms with Crippen molar-refractivity contribution in [2.24, 2.45) is 5.16 Å². The number of carbonyl (C=O) groups excluding carboxylic acids is 1. The number of ether oxygens (including phenoxy) is 1.